The third-order valence-electron chi connectivity index (χ3n) is 3.83. The molecule has 7 heteroatoms. The van der Waals surface area contributed by atoms with Crippen molar-refractivity contribution in [3.05, 3.63) is 18.5 Å². The Morgan fingerprint density at radius 3 is 2.77 bits per heavy atom. The second kappa shape index (κ2) is 7.78. The van der Waals surface area contributed by atoms with E-state index >= 15 is 0 Å². The molecule has 1 aromatic heterocycles. The number of nitrogens with zero attached hydrogens (tertiary/aromatic N) is 4. The van der Waals surface area contributed by atoms with Crippen LogP contribution in [0.3, 0.4) is 0 Å². The number of aromatic nitrogens is 3. The van der Waals surface area contributed by atoms with E-state index in [1.54, 1.807) is 19.0 Å². The summed E-state index contributed by atoms with van der Waals surface area (Å²) in [6.45, 7) is 8.45. The van der Waals surface area contributed by atoms with Crippen LogP contribution in [0.5, 0.6) is 0 Å². The number of thioether (sulfide) groups is 1. The fraction of sp³-hybridized carbons (Fsp3) is 0.667. The summed E-state index contributed by atoms with van der Waals surface area (Å²) < 4.78 is 2.10. The Morgan fingerprint density at radius 2 is 2.18 bits per heavy atom. The highest BCUT2D eigenvalue weighted by Gasteiger charge is 2.25. The Bertz CT molecular complexity index is 522. The molecule has 0 unspecified atom stereocenters. The highest BCUT2D eigenvalue weighted by Crippen LogP contribution is 2.29. The van der Waals surface area contributed by atoms with E-state index in [0.717, 1.165) is 36.9 Å². The molecule has 1 N–H and O–H groups in total. The van der Waals surface area contributed by atoms with Gasteiger partial charge in [-0.2, -0.15) is 0 Å². The van der Waals surface area contributed by atoms with Crippen LogP contribution in [-0.2, 0) is 11.3 Å². The molecule has 1 saturated heterocycles. The maximum absolute atomic E-state index is 12.0. The summed E-state index contributed by atoms with van der Waals surface area (Å²) in [7, 11) is 3.54. The molecule has 1 fully saturated rings. The fourth-order valence-corrected chi connectivity index (χ4v) is 3.65. The Kier molecular flexibility index (Phi) is 6.02. The molecule has 0 aliphatic carbocycles. The molecule has 1 aliphatic heterocycles. The molecule has 2 rings (SSSR count). The maximum atomic E-state index is 12.0. The van der Waals surface area contributed by atoms with Crippen molar-refractivity contribution in [2.24, 2.45) is 0 Å². The van der Waals surface area contributed by atoms with Gasteiger partial charge in [0.2, 0.25) is 5.91 Å². The predicted molar refractivity (Wildman–Crippen MR) is 89.1 cm³/mol. The molecule has 22 heavy (non-hydrogen) atoms. The second-order valence-electron chi connectivity index (χ2n) is 5.76. The number of hydrogen-bond acceptors (Lipinski definition) is 5. The zero-order valence-corrected chi connectivity index (χ0v) is 14.4. The lowest BCUT2D eigenvalue weighted by Gasteiger charge is -2.22. The second-order valence-corrected chi connectivity index (χ2v) is 7.07. The van der Waals surface area contributed by atoms with E-state index in [1.165, 1.54) is 11.8 Å². The minimum atomic E-state index is -0.177. The van der Waals surface area contributed by atoms with Gasteiger partial charge in [0.15, 0.2) is 5.16 Å². The van der Waals surface area contributed by atoms with Crippen LogP contribution in [0, 0.1) is 0 Å². The van der Waals surface area contributed by atoms with Gasteiger partial charge in [0, 0.05) is 26.6 Å². The number of hydrogen-bond donors (Lipinski definition) is 1. The lowest BCUT2D eigenvalue weighted by atomic mass is 9.97. The van der Waals surface area contributed by atoms with Gasteiger partial charge in [-0.25, -0.2) is 0 Å². The van der Waals surface area contributed by atoms with E-state index in [2.05, 4.69) is 26.7 Å². The summed E-state index contributed by atoms with van der Waals surface area (Å²) in [5.74, 6) is 1.54. The molecule has 6 nitrogen and oxygen atoms in total. The summed E-state index contributed by atoms with van der Waals surface area (Å²) in [6.07, 6.45) is 4.01. The molecule has 122 valence electrons. The largest absolute Gasteiger partial charge is 0.348 e. The maximum Gasteiger partial charge on any atom is 0.235 e. The summed E-state index contributed by atoms with van der Waals surface area (Å²) in [6, 6.07) is 0. The van der Waals surface area contributed by atoms with Crippen molar-refractivity contribution >= 4 is 17.7 Å². The zero-order chi connectivity index (χ0) is 16.1. The first-order chi connectivity index (χ1) is 10.5. The first-order valence-corrected chi connectivity index (χ1v) is 8.55. The number of rotatable bonds is 6. The SMILES string of the molecule is C=CCn1c(S[C@H](C)C(=O)N(C)C)nnc1C1CCNCC1. The summed E-state index contributed by atoms with van der Waals surface area (Å²) in [5, 5.41) is 12.7. The van der Waals surface area contributed by atoms with E-state index in [-0.39, 0.29) is 11.2 Å². The number of amides is 1. The average molecular weight is 323 g/mol. The van der Waals surface area contributed by atoms with Gasteiger partial charge in [-0.1, -0.05) is 17.8 Å². The minimum Gasteiger partial charge on any atom is -0.348 e. The number of piperidine rings is 1. The number of nitrogens with one attached hydrogen (secondary N) is 1. The molecule has 1 aliphatic rings. The van der Waals surface area contributed by atoms with Crippen molar-refractivity contribution in [1.82, 2.24) is 25.0 Å². The molecular formula is C15H25N5OS. The van der Waals surface area contributed by atoms with Crippen LogP contribution in [0.2, 0.25) is 0 Å². The van der Waals surface area contributed by atoms with Crippen LogP contribution in [0.25, 0.3) is 0 Å². The van der Waals surface area contributed by atoms with Crippen molar-refractivity contribution < 1.29 is 4.79 Å². The number of carbonyl (C=O) groups is 1. The fourth-order valence-electron chi connectivity index (χ4n) is 2.64. The van der Waals surface area contributed by atoms with Crippen LogP contribution in [0.1, 0.15) is 31.5 Å². The zero-order valence-electron chi connectivity index (χ0n) is 13.6. The number of carbonyl (C=O) groups excluding carboxylic acids is 1. The Balaban J connectivity index is 2.18. The van der Waals surface area contributed by atoms with Gasteiger partial charge in [-0.15, -0.1) is 16.8 Å². The molecule has 0 spiro atoms. The van der Waals surface area contributed by atoms with Gasteiger partial charge < -0.3 is 14.8 Å². The molecule has 1 amide bonds. The molecular weight excluding hydrogens is 298 g/mol. The summed E-state index contributed by atoms with van der Waals surface area (Å²) in [5.41, 5.74) is 0. The number of allylic oxidation sites excluding steroid dienone is 1. The molecule has 2 heterocycles. The minimum absolute atomic E-state index is 0.0848. The van der Waals surface area contributed by atoms with Crippen LogP contribution in [-0.4, -0.2) is 58.0 Å². The molecule has 0 radical (unpaired) electrons. The van der Waals surface area contributed by atoms with E-state index < -0.39 is 0 Å². The summed E-state index contributed by atoms with van der Waals surface area (Å²) in [4.78, 5) is 13.7. The molecule has 1 atom stereocenters. The highest BCUT2D eigenvalue weighted by atomic mass is 32.2. The normalized spacial score (nSPS) is 17.2. The molecule has 0 aromatic carbocycles. The van der Waals surface area contributed by atoms with E-state index in [9.17, 15) is 4.79 Å². The Labute approximate surface area is 136 Å². The van der Waals surface area contributed by atoms with Gasteiger partial charge >= 0.3 is 0 Å². The Hall–Kier alpha value is -1.34. The third-order valence-corrected chi connectivity index (χ3v) is 4.90. The first-order valence-electron chi connectivity index (χ1n) is 7.67. The van der Waals surface area contributed by atoms with E-state index in [1.807, 2.05) is 13.0 Å². The lowest BCUT2D eigenvalue weighted by Crippen LogP contribution is -2.30. The van der Waals surface area contributed by atoms with Crippen molar-refractivity contribution in [3.63, 3.8) is 0 Å². The molecule has 0 bridgehead atoms. The van der Waals surface area contributed by atoms with Crippen LogP contribution < -0.4 is 5.32 Å². The van der Waals surface area contributed by atoms with E-state index in [0.29, 0.717) is 12.5 Å². The van der Waals surface area contributed by atoms with Gasteiger partial charge in [0.1, 0.15) is 5.82 Å². The van der Waals surface area contributed by atoms with Crippen molar-refractivity contribution in [2.45, 2.75) is 42.6 Å². The quantitative estimate of drug-likeness (QED) is 0.635. The third kappa shape index (κ3) is 3.89. The lowest BCUT2D eigenvalue weighted by molar-refractivity contribution is -0.127. The highest BCUT2D eigenvalue weighted by molar-refractivity contribution is 8.00. The smallest absolute Gasteiger partial charge is 0.235 e. The van der Waals surface area contributed by atoms with E-state index in [4.69, 9.17) is 0 Å². The topological polar surface area (TPSA) is 63.1 Å². The average Bonchev–Trinajstić information content (AvgIpc) is 2.90. The van der Waals surface area contributed by atoms with Gasteiger partial charge in [-0.3, -0.25) is 4.79 Å². The van der Waals surface area contributed by atoms with Crippen LogP contribution in [0.4, 0.5) is 0 Å². The standard InChI is InChI=1S/C15H25N5OS/c1-5-10-20-13(12-6-8-16-9-7-12)17-18-15(20)22-11(2)14(21)19(3)4/h5,11-12,16H,1,6-10H2,2-4H3/t11-/m1/s1. The van der Waals surface area contributed by atoms with Crippen molar-refractivity contribution in [2.75, 3.05) is 27.2 Å². The van der Waals surface area contributed by atoms with Crippen molar-refractivity contribution in [1.29, 1.82) is 0 Å². The van der Waals surface area contributed by atoms with Gasteiger partial charge in [0.05, 0.1) is 5.25 Å². The van der Waals surface area contributed by atoms with Crippen molar-refractivity contribution in [3.8, 4) is 0 Å². The summed E-state index contributed by atoms with van der Waals surface area (Å²) >= 11 is 1.47. The molecule has 1 aromatic rings. The monoisotopic (exact) mass is 323 g/mol. The van der Waals surface area contributed by atoms with Gasteiger partial charge in [0.25, 0.3) is 0 Å². The van der Waals surface area contributed by atoms with Crippen LogP contribution in [0.15, 0.2) is 17.8 Å². The molecule has 0 saturated carbocycles. The van der Waals surface area contributed by atoms with Gasteiger partial charge in [-0.05, 0) is 32.9 Å². The first kappa shape index (κ1) is 17.0. The van der Waals surface area contributed by atoms with Crippen LogP contribution >= 0.6 is 11.8 Å². The predicted octanol–water partition coefficient (Wildman–Crippen LogP) is 1.50. The Morgan fingerprint density at radius 1 is 1.50 bits per heavy atom.